The monoisotopic (exact) mass is 247 g/mol. The summed E-state index contributed by atoms with van der Waals surface area (Å²) in [5, 5.41) is 10.6. The van der Waals surface area contributed by atoms with Crippen molar-refractivity contribution in [1.29, 1.82) is 0 Å². The van der Waals surface area contributed by atoms with Crippen LogP contribution in [-0.2, 0) is 0 Å². The maximum Gasteiger partial charge on any atom is 0.270 e. The van der Waals surface area contributed by atoms with Gasteiger partial charge >= 0.3 is 0 Å². The Morgan fingerprint density at radius 1 is 1.12 bits per heavy atom. The van der Waals surface area contributed by atoms with E-state index in [-0.39, 0.29) is 5.69 Å². The van der Waals surface area contributed by atoms with Crippen molar-refractivity contribution in [2.75, 3.05) is 0 Å². The van der Waals surface area contributed by atoms with Crippen molar-refractivity contribution in [3.05, 3.63) is 58.6 Å². The fourth-order valence-corrected chi connectivity index (χ4v) is 1.57. The van der Waals surface area contributed by atoms with E-state index in [1.807, 2.05) is 18.2 Å². The van der Waals surface area contributed by atoms with E-state index in [1.54, 1.807) is 12.1 Å². The van der Waals surface area contributed by atoms with Crippen molar-refractivity contribution in [1.82, 2.24) is 0 Å². The number of hydrogen-bond donors (Lipinski definition) is 1. The molecule has 17 heavy (non-hydrogen) atoms. The molecule has 0 saturated heterocycles. The second kappa shape index (κ2) is 4.88. The fourth-order valence-electron chi connectivity index (χ4n) is 1.32. The maximum atomic E-state index is 10.6. The summed E-state index contributed by atoms with van der Waals surface area (Å²) in [6.45, 7) is 0. The Labute approximate surface area is 103 Å². The number of para-hydroxylation sites is 1. The molecule has 2 aromatic rings. The van der Waals surface area contributed by atoms with Crippen molar-refractivity contribution >= 4 is 18.3 Å². The predicted octanol–water partition coefficient (Wildman–Crippen LogP) is 3.68. The Kier molecular flexibility index (Phi) is 3.30. The van der Waals surface area contributed by atoms with Gasteiger partial charge in [-0.3, -0.25) is 10.1 Å². The fraction of sp³-hybridized carbons (Fsp3) is 0. The average molecular weight is 247 g/mol. The first kappa shape index (κ1) is 11.5. The van der Waals surface area contributed by atoms with E-state index >= 15 is 0 Å². The lowest BCUT2D eigenvalue weighted by Crippen LogP contribution is -1.90. The van der Waals surface area contributed by atoms with Gasteiger partial charge in [0.2, 0.25) is 0 Å². The van der Waals surface area contributed by atoms with Crippen LogP contribution >= 0.6 is 12.6 Å². The minimum Gasteiger partial charge on any atom is -0.456 e. The van der Waals surface area contributed by atoms with E-state index in [1.165, 1.54) is 18.2 Å². The molecule has 4 nitrogen and oxygen atoms in total. The number of benzene rings is 2. The largest absolute Gasteiger partial charge is 0.456 e. The summed E-state index contributed by atoms with van der Waals surface area (Å²) in [7, 11) is 0. The highest BCUT2D eigenvalue weighted by Gasteiger charge is 2.09. The van der Waals surface area contributed by atoms with Crippen LogP contribution in [0.5, 0.6) is 11.5 Å². The molecule has 2 rings (SSSR count). The molecular weight excluding hydrogens is 238 g/mol. The summed E-state index contributed by atoms with van der Waals surface area (Å²) < 4.78 is 5.54. The molecule has 2 aromatic carbocycles. The molecule has 5 heteroatoms. The lowest BCUT2D eigenvalue weighted by molar-refractivity contribution is -0.385. The Morgan fingerprint density at radius 3 is 2.41 bits per heavy atom. The number of nitro groups is 1. The Hall–Kier alpha value is -2.01. The van der Waals surface area contributed by atoms with Crippen molar-refractivity contribution in [3.63, 3.8) is 0 Å². The quantitative estimate of drug-likeness (QED) is 0.511. The minimum absolute atomic E-state index is 0.00425. The van der Waals surface area contributed by atoms with E-state index in [0.717, 1.165) is 0 Å². The van der Waals surface area contributed by atoms with Gasteiger partial charge in [-0.2, -0.15) is 0 Å². The highest BCUT2D eigenvalue weighted by Crippen LogP contribution is 2.30. The normalized spacial score (nSPS) is 9.94. The van der Waals surface area contributed by atoms with Crippen molar-refractivity contribution < 1.29 is 9.66 Å². The summed E-state index contributed by atoms with van der Waals surface area (Å²) in [4.78, 5) is 10.5. The first-order chi connectivity index (χ1) is 8.16. The smallest absolute Gasteiger partial charge is 0.270 e. The second-order valence-corrected chi connectivity index (χ2v) is 3.81. The molecule has 0 N–H and O–H groups in total. The standard InChI is InChI=1S/C12H9NO3S/c14-13(15)9-6-7-11(12(17)8-9)16-10-4-2-1-3-5-10/h1-8,17H. The Bertz CT molecular complexity index is 543. The number of nitrogens with zero attached hydrogens (tertiary/aromatic N) is 1. The SMILES string of the molecule is O=[N+]([O-])c1ccc(Oc2ccccc2)c(S)c1. The third-order valence-corrected chi connectivity index (χ3v) is 2.47. The van der Waals surface area contributed by atoms with Crippen LogP contribution in [-0.4, -0.2) is 4.92 Å². The summed E-state index contributed by atoms with van der Waals surface area (Å²) in [5.74, 6) is 1.15. The van der Waals surface area contributed by atoms with Crippen LogP contribution in [0, 0.1) is 10.1 Å². The van der Waals surface area contributed by atoms with Gasteiger partial charge in [0, 0.05) is 12.1 Å². The van der Waals surface area contributed by atoms with E-state index in [4.69, 9.17) is 4.74 Å². The molecule has 0 aliphatic heterocycles. The molecule has 0 radical (unpaired) electrons. The summed E-state index contributed by atoms with van der Waals surface area (Å²) in [6.07, 6.45) is 0. The highest BCUT2D eigenvalue weighted by atomic mass is 32.1. The third kappa shape index (κ3) is 2.76. The number of ether oxygens (including phenoxy) is 1. The van der Waals surface area contributed by atoms with Crippen LogP contribution in [0.3, 0.4) is 0 Å². The number of thiol groups is 1. The number of hydrogen-bond acceptors (Lipinski definition) is 4. The molecular formula is C12H9NO3S. The lowest BCUT2D eigenvalue weighted by atomic mass is 10.3. The van der Waals surface area contributed by atoms with Crippen LogP contribution in [0.4, 0.5) is 5.69 Å². The molecule has 0 aliphatic rings. The predicted molar refractivity (Wildman–Crippen MR) is 66.9 cm³/mol. The molecule has 86 valence electrons. The van der Waals surface area contributed by atoms with Crippen LogP contribution < -0.4 is 4.74 Å². The first-order valence-corrected chi connectivity index (χ1v) is 5.32. The third-order valence-electron chi connectivity index (χ3n) is 2.12. The zero-order valence-corrected chi connectivity index (χ0v) is 9.63. The second-order valence-electron chi connectivity index (χ2n) is 3.32. The number of nitro benzene ring substituents is 1. The minimum atomic E-state index is -0.466. The Morgan fingerprint density at radius 2 is 1.82 bits per heavy atom. The topological polar surface area (TPSA) is 52.4 Å². The van der Waals surface area contributed by atoms with Crippen molar-refractivity contribution in [2.24, 2.45) is 0 Å². The van der Waals surface area contributed by atoms with Gasteiger partial charge in [-0.25, -0.2) is 0 Å². The summed E-state index contributed by atoms with van der Waals surface area (Å²) in [6, 6.07) is 13.5. The van der Waals surface area contributed by atoms with Gasteiger partial charge in [-0.1, -0.05) is 18.2 Å². The molecule has 0 amide bonds. The van der Waals surface area contributed by atoms with Gasteiger partial charge in [0.1, 0.15) is 11.5 Å². The van der Waals surface area contributed by atoms with Crippen LogP contribution in [0.15, 0.2) is 53.4 Å². The van der Waals surface area contributed by atoms with Crippen molar-refractivity contribution in [2.45, 2.75) is 4.90 Å². The first-order valence-electron chi connectivity index (χ1n) is 4.87. The van der Waals surface area contributed by atoms with Gasteiger partial charge in [0.15, 0.2) is 0 Å². The molecule has 0 atom stereocenters. The van der Waals surface area contributed by atoms with Gasteiger partial charge in [0.25, 0.3) is 5.69 Å². The van der Waals surface area contributed by atoms with Gasteiger partial charge in [-0.15, -0.1) is 12.6 Å². The van der Waals surface area contributed by atoms with Gasteiger partial charge < -0.3 is 4.74 Å². The van der Waals surface area contributed by atoms with E-state index in [0.29, 0.717) is 16.4 Å². The van der Waals surface area contributed by atoms with Crippen LogP contribution in [0.1, 0.15) is 0 Å². The van der Waals surface area contributed by atoms with Crippen molar-refractivity contribution in [3.8, 4) is 11.5 Å². The van der Waals surface area contributed by atoms with Crippen LogP contribution in [0.25, 0.3) is 0 Å². The molecule has 0 aromatic heterocycles. The average Bonchev–Trinajstić information content (AvgIpc) is 2.33. The molecule has 0 fully saturated rings. The number of non-ortho nitro benzene ring substituents is 1. The van der Waals surface area contributed by atoms with Gasteiger partial charge in [-0.05, 0) is 18.2 Å². The molecule has 0 bridgehead atoms. The lowest BCUT2D eigenvalue weighted by Gasteiger charge is -2.07. The van der Waals surface area contributed by atoms with Gasteiger partial charge in [0.05, 0.1) is 9.82 Å². The molecule has 0 saturated carbocycles. The Balaban J connectivity index is 2.26. The highest BCUT2D eigenvalue weighted by molar-refractivity contribution is 7.80. The molecule has 0 aliphatic carbocycles. The summed E-state index contributed by atoms with van der Waals surface area (Å²) >= 11 is 4.16. The molecule has 0 heterocycles. The number of rotatable bonds is 3. The summed E-state index contributed by atoms with van der Waals surface area (Å²) in [5.41, 5.74) is -0.00425. The van der Waals surface area contributed by atoms with E-state index < -0.39 is 4.92 Å². The maximum absolute atomic E-state index is 10.6. The molecule has 0 spiro atoms. The van der Waals surface area contributed by atoms with Crippen LogP contribution in [0.2, 0.25) is 0 Å². The molecule has 0 unspecified atom stereocenters. The van der Waals surface area contributed by atoms with E-state index in [2.05, 4.69) is 12.6 Å². The zero-order valence-electron chi connectivity index (χ0n) is 8.74. The van der Waals surface area contributed by atoms with E-state index in [9.17, 15) is 10.1 Å². The zero-order chi connectivity index (χ0) is 12.3.